The number of amides is 2. The summed E-state index contributed by atoms with van der Waals surface area (Å²) in [4.78, 5) is 12.1. The first-order chi connectivity index (χ1) is 6.72. The fraction of sp³-hybridized carbons (Fsp3) is 0.222. The molecular formula is C9H9BrN2OS. The molecule has 2 amide bonds. The molecule has 1 aromatic heterocycles. The van der Waals surface area contributed by atoms with Gasteiger partial charge in [0.1, 0.15) is 0 Å². The van der Waals surface area contributed by atoms with Gasteiger partial charge in [0.05, 0.1) is 13.1 Å². The SMILES string of the molecule is C#CCNC(=O)NCc1cc(Br)cs1. The minimum atomic E-state index is -0.243. The fourth-order valence-electron chi connectivity index (χ4n) is 0.808. The summed E-state index contributed by atoms with van der Waals surface area (Å²) in [7, 11) is 0. The molecule has 0 aliphatic carbocycles. The van der Waals surface area contributed by atoms with E-state index in [1.807, 2.05) is 11.4 Å². The lowest BCUT2D eigenvalue weighted by atomic mass is 10.5. The van der Waals surface area contributed by atoms with E-state index in [4.69, 9.17) is 6.42 Å². The Morgan fingerprint density at radius 2 is 2.43 bits per heavy atom. The van der Waals surface area contributed by atoms with E-state index in [9.17, 15) is 4.79 Å². The zero-order chi connectivity index (χ0) is 10.4. The van der Waals surface area contributed by atoms with Crippen molar-refractivity contribution in [1.82, 2.24) is 10.6 Å². The van der Waals surface area contributed by atoms with Crippen LogP contribution in [0.2, 0.25) is 0 Å². The number of carbonyl (C=O) groups is 1. The van der Waals surface area contributed by atoms with Crippen LogP contribution in [0.15, 0.2) is 15.9 Å². The van der Waals surface area contributed by atoms with Crippen LogP contribution in [-0.4, -0.2) is 12.6 Å². The number of terminal acetylenes is 1. The summed E-state index contributed by atoms with van der Waals surface area (Å²) in [6, 6.07) is 1.72. The number of rotatable bonds is 3. The zero-order valence-corrected chi connectivity index (χ0v) is 9.74. The van der Waals surface area contributed by atoms with Crippen LogP contribution in [0.4, 0.5) is 4.79 Å². The molecule has 14 heavy (non-hydrogen) atoms. The van der Waals surface area contributed by atoms with Crippen LogP contribution in [0.1, 0.15) is 4.88 Å². The van der Waals surface area contributed by atoms with E-state index in [1.165, 1.54) is 0 Å². The van der Waals surface area contributed by atoms with Crippen LogP contribution in [0.3, 0.4) is 0 Å². The quantitative estimate of drug-likeness (QED) is 0.812. The number of hydrogen-bond donors (Lipinski definition) is 2. The van der Waals surface area contributed by atoms with Gasteiger partial charge < -0.3 is 10.6 Å². The van der Waals surface area contributed by atoms with Gasteiger partial charge in [-0.2, -0.15) is 0 Å². The first-order valence-electron chi connectivity index (χ1n) is 3.90. The molecular weight excluding hydrogens is 264 g/mol. The number of hydrogen-bond acceptors (Lipinski definition) is 2. The predicted octanol–water partition coefficient (Wildman–Crippen LogP) is 1.94. The molecule has 5 heteroatoms. The molecule has 0 saturated carbocycles. The van der Waals surface area contributed by atoms with Gasteiger partial charge in [-0.05, 0) is 22.0 Å². The van der Waals surface area contributed by atoms with Gasteiger partial charge in [-0.1, -0.05) is 5.92 Å². The van der Waals surface area contributed by atoms with Crippen LogP contribution in [0, 0.1) is 12.3 Å². The van der Waals surface area contributed by atoms with Gasteiger partial charge in [0.15, 0.2) is 0 Å². The van der Waals surface area contributed by atoms with Crippen molar-refractivity contribution in [3.05, 3.63) is 20.8 Å². The summed E-state index contributed by atoms with van der Waals surface area (Å²) in [5, 5.41) is 7.18. The number of halogens is 1. The summed E-state index contributed by atoms with van der Waals surface area (Å²) in [5.41, 5.74) is 0. The van der Waals surface area contributed by atoms with E-state index in [1.54, 1.807) is 11.3 Å². The van der Waals surface area contributed by atoms with Gasteiger partial charge in [0, 0.05) is 14.7 Å². The first kappa shape index (κ1) is 11.1. The molecule has 0 aliphatic heterocycles. The molecule has 0 saturated heterocycles. The Morgan fingerprint density at radius 3 is 3.00 bits per heavy atom. The second kappa shape index (κ2) is 5.68. The van der Waals surface area contributed by atoms with Gasteiger partial charge in [0.2, 0.25) is 0 Å². The van der Waals surface area contributed by atoms with Crippen molar-refractivity contribution in [2.45, 2.75) is 6.54 Å². The average Bonchev–Trinajstić information content (AvgIpc) is 2.58. The predicted molar refractivity (Wildman–Crippen MR) is 61.1 cm³/mol. The van der Waals surface area contributed by atoms with Crippen LogP contribution in [0.5, 0.6) is 0 Å². The van der Waals surface area contributed by atoms with Crippen molar-refractivity contribution in [2.24, 2.45) is 0 Å². The van der Waals surface area contributed by atoms with Gasteiger partial charge >= 0.3 is 6.03 Å². The minimum absolute atomic E-state index is 0.243. The summed E-state index contributed by atoms with van der Waals surface area (Å²) < 4.78 is 1.03. The standard InChI is InChI=1S/C9H9BrN2OS/c1-2-3-11-9(13)12-5-8-4-7(10)6-14-8/h1,4,6H,3,5H2,(H2,11,12,13). The molecule has 74 valence electrons. The molecule has 1 heterocycles. The van der Waals surface area contributed by atoms with Crippen LogP contribution >= 0.6 is 27.3 Å². The molecule has 0 aliphatic rings. The van der Waals surface area contributed by atoms with Crippen LogP contribution < -0.4 is 10.6 Å². The van der Waals surface area contributed by atoms with Crippen molar-refractivity contribution in [1.29, 1.82) is 0 Å². The maximum absolute atomic E-state index is 11.1. The summed E-state index contributed by atoms with van der Waals surface area (Å²) in [5.74, 6) is 2.32. The molecule has 1 rings (SSSR count). The summed E-state index contributed by atoms with van der Waals surface area (Å²) in [6.07, 6.45) is 4.99. The third-order valence-electron chi connectivity index (χ3n) is 1.40. The Hall–Kier alpha value is -0.990. The molecule has 1 aromatic rings. The highest BCUT2D eigenvalue weighted by molar-refractivity contribution is 9.10. The third kappa shape index (κ3) is 3.81. The second-order valence-electron chi connectivity index (χ2n) is 2.47. The maximum Gasteiger partial charge on any atom is 0.315 e. The molecule has 0 aromatic carbocycles. The Morgan fingerprint density at radius 1 is 1.64 bits per heavy atom. The topological polar surface area (TPSA) is 41.1 Å². The lowest BCUT2D eigenvalue weighted by molar-refractivity contribution is 0.242. The van der Waals surface area contributed by atoms with E-state index in [-0.39, 0.29) is 12.6 Å². The van der Waals surface area contributed by atoms with E-state index in [0.29, 0.717) is 6.54 Å². The van der Waals surface area contributed by atoms with Gasteiger partial charge in [-0.3, -0.25) is 0 Å². The maximum atomic E-state index is 11.1. The number of nitrogens with one attached hydrogen (secondary N) is 2. The highest BCUT2D eigenvalue weighted by Gasteiger charge is 2.00. The van der Waals surface area contributed by atoms with Gasteiger partial charge in [-0.25, -0.2) is 4.79 Å². The molecule has 0 spiro atoms. The zero-order valence-electron chi connectivity index (χ0n) is 7.34. The molecule has 0 unspecified atom stereocenters. The molecule has 0 bridgehead atoms. The number of carbonyl (C=O) groups excluding carboxylic acids is 1. The highest BCUT2D eigenvalue weighted by atomic mass is 79.9. The fourth-order valence-corrected chi connectivity index (χ4v) is 2.20. The third-order valence-corrected chi connectivity index (χ3v) is 3.09. The van der Waals surface area contributed by atoms with Crippen LogP contribution in [-0.2, 0) is 6.54 Å². The molecule has 2 N–H and O–H groups in total. The van der Waals surface area contributed by atoms with Crippen molar-refractivity contribution >= 4 is 33.3 Å². The molecule has 0 fully saturated rings. The highest BCUT2D eigenvalue weighted by Crippen LogP contribution is 2.19. The summed E-state index contributed by atoms with van der Waals surface area (Å²) in [6.45, 7) is 0.770. The van der Waals surface area contributed by atoms with E-state index < -0.39 is 0 Å². The lowest BCUT2D eigenvalue weighted by Gasteiger charge is -2.02. The van der Waals surface area contributed by atoms with Crippen molar-refractivity contribution in [3.8, 4) is 12.3 Å². The first-order valence-corrected chi connectivity index (χ1v) is 5.57. The average molecular weight is 273 g/mol. The Labute approximate surface area is 95.0 Å². The number of thiophene rings is 1. The largest absolute Gasteiger partial charge is 0.333 e. The van der Waals surface area contributed by atoms with Gasteiger partial charge in [0.25, 0.3) is 0 Å². The molecule has 3 nitrogen and oxygen atoms in total. The van der Waals surface area contributed by atoms with E-state index >= 15 is 0 Å². The smallest absolute Gasteiger partial charge is 0.315 e. The monoisotopic (exact) mass is 272 g/mol. The Balaban J connectivity index is 2.27. The van der Waals surface area contributed by atoms with Gasteiger partial charge in [-0.15, -0.1) is 17.8 Å². The summed E-state index contributed by atoms with van der Waals surface area (Å²) >= 11 is 4.92. The van der Waals surface area contributed by atoms with Crippen molar-refractivity contribution < 1.29 is 4.79 Å². The van der Waals surface area contributed by atoms with Crippen LogP contribution in [0.25, 0.3) is 0 Å². The normalized spacial score (nSPS) is 9.14. The number of urea groups is 1. The Kier molecular flexibility index (Phi) is 4.50. The van der Waals surface area contributed by atoms with Crippen molar-refractivity contribution in [3.63, 3.8) is 0 Å². The Bertz CT molecular complexity index is 356. The molecule has 0 atom stereocenters. The molecule has 0 radical (unpaired) electrons. The second-order valence-corrected chi connectivity index (χ2v) is 4.38. The van der Waals surface area contributed by atoms with E-state index in [0.717, 1.165) is 9.35 Å². The minimum Gasteiger partial charge on any atom is -0.333 e. The van der Waals surface area contributed by atoms with E-state index in [2.05, 4.69) is 32.5 Å². The lowest BCUT2D eigenvalue weighted by Crippen LogP contribution is -2.34. The van der Waals surface area contributed by atoms with Crippen molar-refractivity contribution in [2.75, 3.05) is 6.54 Å².